The largest absolute Gasteiger partial charge is 0.406 e. The van der Waals surface area contributed by atoms with Gasteiger partial charge >= 0.3 is 6.18 Å². The van der Waals surface area contributed by atoms with E-state index >= 15 is 0 Å². The molecule has 168 valence electrons. The summed E-state index contributed by atoms with van der Waals surface area (Å²) in [7, 11) is 0. The Kier molecular flexibility index (Phi) is 5.98. The number of aromatic nitrogens is 2. The van der Waals surface area contributed by atoms with Crippen LogP contribution in [0.25, 0.3) is 17.1 Å². The number of imidazole rings is 1. The predicted octanol–water partition coefficient (Wildman–Crippen LogP) is 6.73. The molecule has 0 saturated heterocycles. The number of carbonyl (C=O) groups excluding carboxylic acids is 1. The molecule has 1 aliphatic rings. The lowest BCUT2D eigenvalue weighted by atomic mass is 10.1. The maximum atomic E-state index is 13.4. The first-order chi connectivity index (χ1) is 15.0. The second-order valence-corrected chi connectivity index (χ2v) is 9.80. The number of rotatable bonds is 3. The Morgan fingerprint density at radius 2 is 1.75 bits per heavy atom. The minimum atomic E-state index is -4.54. The SMILES string of the molecule is CC1(C)CSc2c(nc(-c3ccccc3Cl)n2-c2ccc(Cl)cc2)C(=O)N1CC(F)(F)F. The van der Waals surface area contributed by atoms with E-state index in [0.717, 1.165) is 4.90 Å². The van der Waals surface area contributed by atoms with Gasteiger partial charge in [0.25, 0.3) is 5.91 Å². The molecule has 0 N–H and O–H groups in total. The van der Waals surface area contributed by atoms with Gasteiger partial charge in [-0.15, -0.1) is 11.8 Å². The van der Waals surface area contributed by atoms with E-state index in [1.165, 1.54) is 11.8 Å². The van der Waals surface area contributed by atoms with Crippen LogP contribution in [0, 0.1) is 0 Å². The average Bonchev–Trinajstić information content (AvgIpc) is 3.06. The van der Waals surface area contributed by atoms with E-state index in [0.29, 0.717) is 32.1 Å². The summed E-state index contributed by atoms with van der Waals surface area (Å²) in [5.41, 5.74) is 0.162. The van der Waals surface area contributed by atoms with Crippen molar-refractivity contribution in [2.75, 3.05) is 12.3 Å². The fourth-order valence-corrected chi connectivity index (χ4v) is 5.10. The topological polar surface area (TPSA) is 38.1 Å². The number of amides is 1. The molecule has 32 heavy (non-hydrogen) atoms. The molecule has 0 fully saturated rings. The summed E-state index contributed by atoms with van der Waals surface area (Å²) < 4.78 is 41.7. The third kappa shape index (κ3) is 4.36. The Bertz CT molecular complexity index is 1180. The number of benzene rings is 2. The van der Waals surface area contributed by atoms with Crippen LogP contribution in [0.15, 0.2) is 53.6 Å². The molecule has 4 nitrogen and oxygen atoms in total. The van der Waals surface area contributed by atoms with Crippen LogP contribution in [0.1, 0.15) is 24.3 Å². The molecule has 3 aromatic rings. The van der Waals surface area contributed by atoms with Gasteiger partial charge in [0.1, 0.15) is 17.4 Å². The quantitative estimate of drug-likeness (QED) is 0.400. The summed E-state index contributed by atoms with van der Waals surface area (Å²) in [6, 6.07) is 13.9. The molecule has 0 bridgehead atoms. The summed E-state index contributed by atoms with van der Waals surface area (Å²) in [4.78, 5) is 18.8. The van der Waals surface area contributed by atoms with Crippen LogP contribution in [0.5, 0.6) is 0 Å². The van der Waals surface area contributed by atoms with Crippen LogP contribution < -0.4 is 0 Å². The minimum Gasteiger partial charge on any atom is -0.322 e. The van der Waals surface area contributed by atoms with Gasteiger partial charge in [0, 0.05) is 27.6 Å². The second-order valence-electron chi connectivity index (χ2n) is 7.99. The average molecular weight is 500 g/mol. The third-order valence-electron chi connectivity index (χ3n) is 5.11. The highest BCUT2D eigenvalue weighted by molar-refractivity contribution is 7.99. The van der Waals surface area contributed by atoms with Crippen LogP contribution >= 0.6 is 35.0 Å². The Morgan fingerprint density at radius 1 is 1.09 bits per heavy atom. The molecule has 0 spiro atoms. The zero-order chi connectivity index (χ0) is 23.3. The normalized spacial score (nSPS) is 16.1. The summed E-state index contributed by atoms with van der Waals surface area (Å²) in [5.74, 6) is -0.146. The Morgan fingerprint density at radius 3 is 2.38 bits per heavy atom. The van der Waals surface area contributed by atoms with E-state index in [1.807, 2.05) is 0 Å². The molecule has 2 aromatic carbocycles. The molecule has 0 atom stereocenters. The van der Waals surface area contributed by atoms with Crippen molar-refractivity contribution in [2.24, 2.45) is 0 Å². The van der Waals surface area contributed by atoms with Gasteiger partial charge in [0.2, 0.25) is 0 Å². The molecule has 0 aliphatic carbocycles. The lowest BCUT2D eigenvalue weighted by Gasteiger charge is -2.37. The molecule has 0 saturated carbocycles. The highest BCUT2D eigenvalue weighted by Crippen LogP contribution is 2.41. The van der Waals surface area contributed by atoms with Gasteiger partial charge in [-0.25, -0.2) is 4.98 Å². The molecule has 4 rings (SSSR count). The first-order valence-corrected chi connectivity index (χ1v) is 11.4. The summed E-state index contributed by atoms with van der Waals surface area (Å²) >= 11 is 13.8. The van der Waals surface area contributed by atoms with E-state index in [-0.39, 0.29) is 11.4 Å². The monoisotopic (exact) mass is 499 g/mol. The number of hydrogen-bond donors (Lipinski definition) is 0. The number of thioether (sulfide) groups is 1. The molecular weight excluding hydrogens is 482 g/mol. The maximum absolute atomic E-state index is 13.4. The van der Waals surface area contributed by atoms with E-state index in [1.54, 1.807) is 66.9 Å². The second kappa shape index (κ2) is 8.32. The third-order valence-corrected chi connectivity index (χ3v) is 7.19. The minimum absolute atomic E-state index is 0.0327. The van der Waals surface area contributed by atoms with Crippen molar-refractivity contribution in [3.8, 4) is 17.1 Å². The van der Waals surface area contributed by atoms with Crippen molar-refractivity contribution in [1.82, 2.24) is 14.5 Å². The van der Waals surface area contributed by atoms with Gasteiger partial charge in [-0.1, -0.05) is 35.3 Å². The van der Waals surface area contributed by atoms with Crippen molar-refractivity contribution in [3.05, 3.63) is 64.3 Å². The predicted molar refractivity (Wildman–Crippen MR) is 121 cm³/mol. The number of halogens is 5. The molecule has 1 aromatic heterocycles. The number of alkyl halides is 3. The van der Waals surface area contributed by atoms with Gasteiger partial charge < -0.3 is 4.90 Å². The van der Waals surface area contributed by atoms with Crippen molar-refractivity contribution < 1.29 is 18.0 Å². The Labute approximate surface area is 197 Å². The number of nitrogens with zero attached hydrogens (tertiary/aromatic N) is 3. The standard InChI is InChI=1S/C22H18Cl2F3N3OS/c1-21(2)12-32-20-17(19(31)29(21)11-22(25,26)27)28-18(15-5-3-4-6-16(15)24)30(20)14-9-7-13(23)8-10-14/h3-10H,11-12H2,1-2H3. The fourth-order valence-electron chi connectivity index (χ4n) is 3.52. The molecule has 0 unspecified atom stereocenters. The van der Waals surface area contributed by atoms with Crippen LogP contribution in [-0.2, 0) is 0 Å². The Balaban J connectivity index is 1.96. The molecule has 0 radical (unpaired) electrons. The van der Waals surface area contributed by atoms with E-state index in [4.69, 9.17) is 23.2 Å². The first kappa shape index (κ1) is 23.0. The van der Waals surface area contributed by atoms with Gasteiger partial charge in [0.15, 0.2) is 5.69 Å². The van der Waals surface area contributed by atoms with Gasteiger partial charge in [-0.05, 0) is 50.2 Å². The van der Waals surface area contributed by atoms with E-state index < -0.39 is 24.2 Å². The smallest absolute Gasteiger partial charge is 0.322 e. The summed E-state index contributed by atoms with van der Waals surface area (Å²) in [6.45, 7) is 1.89. The summed E-state index contributed by atoms with van der Waals surface area (Å²) in [5, 5.41) is 1.40. The lowest BCUT2D eigenvalue weighted by Crippen LogP contribution is -2.52. The van der Waals surface area contributed by atoms with Crippen molar-refractivity contribution >= 4 is 40.9 Å². The van der Waals surface area contributed by atoms with Crippen LogP contribution in [0.2, 0.25) is 10.0 Å². The van der Waals surface area contributed by atoms with Gasteiger partial charge in [0.05, 0.1) is 5.02 Å². The maximum Gasteiger partial charge on any atom is 0.406 e. The fraction of sp³-hybridized carbons (Fsp3) is 0.273. The first-order valence-electron chi connectivity index (χ1n) is 9.63. The number of hydrogen-bond acceptors (Lipinski definition) is 3. The van der Waals surface area contributed by atoms with Crippen LogP contribution in [-0.4, -0.2) is 44.4 Å². The van der Waals surface area contributed by atoms with Crippen molar-refractivity contribution in [1.29, 1.82) is 0 Å². The van der Waals surface area contributed by atoms with E-state index in [9.17, 15) is 18.0 Å². The lowest BCUT2D eigenvalue weighted by molar-refractivity contribution is -0.148. The van der Waals surface area contributed by atoms with Crippen molar-refractivity contribution in [3.63, 3.8) is 0 Å². The molecular formula is C22H18Cl2F3N3OS. The molecule has 1 amide bonds. The van der Waals surface area contributed by atoms with Crippen molar-refractivity contribution in [2.45, 2.75) is 30.6 Å². The van der Waals surface area contributed by atoms with Crippen LogP contribution in [0.3, 0.4) is 0 Å². The highest BCUT2D eigenvalue weighted by Gasteiger charge is 2.44. The molecule has 10 heteroatoms. The zero-order valence-corrected chi connectivity index (χ0v) is 19.4. The van der Waals surface area contributed by atoms with Gasteiger partial charge in [-0.2, -0.15) is 13.2 Å². The molecule has 2 heterocycles. The number of carbonyl (C=O) groups is 1. The molecule has 1 aliphatic heterocycles. The van der Waals surface area contributed by atoms with Crippen LogP contribution in [0.4, 0.5) is 13.2 Å². The highest BCUT2D eigenvalue weighted by atomic mass is 35.5. The van der Waals surface area contributed by atoms with E-state index in [2.05, 4.69) is 4.98 Å². The van der Waals surface area contributed by atoms with Gasteiger partial charge in [-0.3, -0.25) is 9.36 Å². The number of fused-ring (bicyclic) bond motifs is 1. The summed E-state index contributed by atoms with van der Waals surface area (Å²) in [6.07, 6.45) is -4.54. The zero-order valence-electron chi connectivity index (χ0n) is 17.1. The Hall–Kier alpha value is -2.16.